The molecule has 110 valence electrons. The van der Waals surface area contributed by atoms with Gasteiger partial charge in [0.05, 0.1) is 15.7 Å². The Kier molecular flexibility index (Phi) is 4.10. The summed E-state index contributed by atoms with van der Waals surface area (Å²) in [5.41, 5.74) is 0.671. The Balaban J connectivity index is 2.17. The van der Waals surface area contributed by atoms with E-state index in [1.165, 1.54) is 16.4 Å². The SMILES string of the molecule is O=S(=O)(c1c(Cl)cccc1Cl)N1CCSc2ccccc21. The van der Waals surface area contributed by atoms with Crippen LogP contribution in [-0.2, 0) is 10.0 Å². The molecule has 0 N–H and O–H groups in total. The minimum Gasteiger partial charge on any atom is -0.264 e. The highest BCUT2D eigenvalue weighted by atomic mass is 35.5. The van der Waals surface area contributed by atoms with E-state index in [0.717, 1.165) is 4.90 Å². The predicted molar refractivity (Wildman–Crippen MR) is 88.2 cm³/mol. The molecule has 1 heterocycles. The Morgan fingerprint density at radius 3 is 2.38 bits per heavy atom. The lowest BCUT2D eigenvalue weighted by molar-refractivity contribution is 0.591. The van der Waals surface area contributed by atoms with E-state index in [0.29, 0.717) is 18.0 Å². The summed E-state index contributed by atoms with van der Waals surface area (Å²) in [7, 11) is -3.78. The predicted octanol–water partition coefficient (Wildman–Crippen LogP) is 4.29. The minimum absolute atomic E-state index is 0.0324. The molecule has 0 fully saturated rings. The lowest BCUT2D eigenvalue weighted by atomic mass is 10.3. The smallest absolute Gasteiger partial charge is 0.264 e. The third-order valence-corrected chi connectivity index (χ3v) is 6.97. The van der Waals surface area contributed by atoms with Crippen molar-refractivity contribution in [3.8, 4) is 0 Å². The average molecular weight is 360 g/mol. The molecule has 0 unspecified atom stereocenters. The van der Waals surface area contributed by atoms with Crippen LogP contribution in [-0.4, -0.2) is 20.7 Å². The number of halogens is 2. The van der Waals surface area contributed by atoms with Gasteiger partial charge >= 0.3 is 0 Å². The zero-order valence-corrected chi connectivity index (χ0v) is 13.9. The van der Waals surface area contributed by atoms with Crippen LogP contribution in [0.4, 0.5) is 5.69 Å². The quantitative estimate of drug-likeness (QED) is 0.802. The number of nitrogens with zero attached hydrogens (tertiary/aromatic N) is 1. The number of hydrogen-bond acceptors (Lipinski definition) is 3. The molecule has 1 aliphatic heterocycles. The topological polar surface area (TPSA) is 37.4 Å². The monoisotopic (exact) mass is 359 g/mol. The third-order valence-electron chi connectivity index (χ3n) is 3.15. The number of sulfonamides is 1. The Morgan fingerprint density at radius 2 is 1.67 bits per heavy atom. The molecule has 0 amide bonds. The van der Waals surface area contributed by atoms with Gasteiger partial charge in [0, 0.05) is 17.2 Å². The highest BCUT2D eigenvalue weighted by molar-refractivity contribution is 8.00. The lowest BCUT2D eigenvalue weighted by Crippen LogP contribution is -2.35. The fourth-order valence-corrected chi connectivity index (χ4v) is 5.98. The molecule has 0 atom stereocenters. The van der Waals surface area contributed by atoms with Crippen molar-refractivity contribution < 1.29 is 8.42 Å². The maximum atomic E-state index is 12.9. The molecular formula is C14H11Cl2NO2S2. The first kappa shape index (κ1) is 15.0. The van der Waals surface area contributed by atoms with Crippen LogP contribution >= 0.6 is 35.0 Å². The van der Waals surface area contributed by atoms with E-state index in [-0.39, 0.29) is 14.9 Å². The van der Waals surface area contributed by atoms with Gasteiger partial charge in [-0.15, -0.1) is 11.8 Å². The molecule has 21 heavy (non-hydrogen) atoms. The molecule has 3 nitrogen and oxygen atoms in total. The summed E-state index contributed by atoms with van der Waals surface area (Å²) in [4.78, 5) is 0.908. The molecule has 1 aliphatic rings. The third kappa shape index (κ3) is 2.63. The van der Waals surface area contributed by atoms with Crippen molar-refractivity contribution in [1.29, 1.82) is 0 Å². The summed E-state index contributed by atoms with van der Waals surface area (Å²) >= 11 is 13.8. The summed E-state index contributed by atoms with van der Waals surface area (Å²) < 4.78 is 27.3. The largest absolute Gasteiger partial charge is 0.267 e. The summed E-state index contributed by atoms with van der Waals surface area (Å²) in [5, 5.41) is 0.274. The molecule has 0 aromatic heterocycles. The number of para-hydroxylation sites is 1. The van der Waals surface area contributed by atoms with Gasteiger partial charge in [-0.25, -0.2) is 8.42 Å². The van der Waals surface area contributed by atoms with Gasteiger partial charge in [-0.2, -0.15) is 0 Å². The molecule has 0 saturated heterocycles. The molecule has 2 aromatic rings. The van der Waals surface area contributed by atoms with Gasteiger partial charge in [0.2, 0.25) is 0 Å². The van der Waals surface area contributed by atoms with Crippen molar-refractivity contribution >= 4 is 50.7 Å². The van der Waals surface area contributed by atoms with Crippen LogP contribution in [0.25, 0.3) is 0 Å². The second-order valence-electron chi connectivity index (χ2n) is 4.44. The summed E-state index contributed by atoms with van der Waals surface area (Å²) in [6, 6.07) is 12.1. The molecular weight excluding hydrogens is 349 g/mol. The molecule has 0 saturated carbocycles. The van der Waals surface area contributed by atoms with Crippen molar-refractivity contribution in [2.75, 3.05) is 16.6 Å². The van der Waals surface area contributed by atoms with Crippen LogP contribution in [0.3, 0.4) is 0 Å². The van der Waals surface area contributed by atoms with Gasteiger partial charge in [-0.1, -0.05) is 41.4 Å². The van der Waals surface area contributed by atoms with Crippen molar-refractivity contribution in [3.63, 3.8) is 0 Å². The molecule has 3 rings (SSSR count). The van der Waals surface area contributed by atoms with E-state index in [2.05, 4.69) is 0 Å². The van der Waals surface area contributed by atoms with Gasteiger partial charge in [0.25, 0.3) is 10.0 Å². The standard InChI is InChI=1S/C14H11Cl2NO2S2/c15-10-4-3-5-11(16)14(10)21(18,19)17-8-9-20-13-7-2-1-6-12(13)17/h1-7H,8-9H2. The van der Waals surface area contributed by atoms with Crippen molar-refractivity contribution in [2.24, 2.45) is 0 Å². The van der Waals surface area contributed by atoms with Gasteiger partial charge in [-0.05, 0) is 24.3 Å². The van der Waals surface area contributed by atoms with E-state index < -0.39 is 10.0 Å². The van der Waals surface area contributed by atoms with Crippen LogP contribution in [0.5, 0.6) is 0 Å². The number of anilines is 1. The van der Waals surface area contributed by atoms with Crippen molar-refractivity contribution in [3.05, 3.63) is 52.5 Å². The number of fused-ring (bicyclic) bond motifs is 1. The van der Waals surface area contributed by atoms with Gasteiger partial charge < -0.3 is 0 Å². The molecule has 0 bridgehead atoms. The van der Waals surface area contributed by atoms with Crippen molar-refractivity contribution in [2.45, 2.75) is 9.79 Å². The highest BCUT2D eigenvalue weighted by Gasteiger charge is 2.32. The zero-order valence-electron chi connectivity index (χ0n) is 10.8. The Bertz CT molecular complexity index is 773. The first-order valence-electron chi connectivity index (χ1n) is 6.20. The van der Waals surface area contributed by atoms with E-state index in [4.69, 9.17) is 23.2 Å². The normalized spacial score (nSPS) is 14.9. The summed E-state index contributed by atoms with van der Waals surface area (Å²) in [6.45, 7) is 0.394. The second-order valence-corrected chi connectivity index (χ2v) is 8.19. The second kappa shape index (κ2) is 5.72. The Morgan fingerprint density at radius 1 is 1.00 bits per heavy atom. The van der Waals surface area contributed by atoms with E-state index in [9.17, 15) is 8.42 Å². The number of benzene rings is 2. The lowest BCUT2D eigenvalue weighted by Gasteiger charge is -2.30. The molecule has 0 spiro atoms. The molecule has 2 aromatic carbocycles. The summed E-state index contributed by atoms with van der Waals surface area (Å²) in [6.07, 6.45) is 0. The van der Waals surface area contributed by atoms with E-state index >= 15 is 0 Å². The summed E-state index contributed by atoms with van der Waals surface area (Å²) in [5.74, 6) is 0.693. The minimum atomic E-state index is -3.78. The van der Waals surface area contributed by atoms with Gasteiger partial charge in [-0.3, -0.25) is 4.31 Å². The maximum absolute atomic E-state index is 12.9. The Labute approximate surface area is 137 Å². The zero-order chi connectivity index (χ0) is 15.0. The number of thioether (sulfide) groups is 1. The fraction of sp³-hybridized carbons (Fsp3) is 0.143. The Hall–Kier alpha value is -0.880. The van der Waals surface area contributed by atoms with Crippen molar-refractivity contribution in [1.82, 2.24) is 0 Å². The van der Waals surface area contributed by atoms with Gasteiger partial charge in [0.1, 0.15) is 4.90 Å². The fourth-order valence-electron chi connectivity index (χ4n) is 2.23. The van der Waals surface area contributed by atoms with E-state index in [1.54, 1.807) is 23.9 Å². The first-order chi connectivity index (χ1) is 10.0. The van der Waals surface area contributed by atoms with Crippen LogP contribution in [0.2, 0.25) is 10.0 Å². The van der Waals surface area contributed by atoms with Gasteiger partial charge in [0.15, 0.2) is 0 Å². The van der Waals surface area contributed by atoms with E-state index in [1.807, 2.05) is 18.2 Å². The molecule has 0 radical (unpaired) electrons. The van der Waals surface area contributed by atoms with Crippen LogP contribution in [0.15, 0.2) is 52.3 Å². The number of hydrogen-bond donors (Lipinski definition) is 0. The molecule has 7 heteroatoms. The van der Waals surface area contributed by atoms with Crippen LogP contribution in [0, 0.1) is 0 Å². The van der Waals surface area contributed by atoms with Crippen LogP contribution < -0.4 is 4.31 Å². The average Bonchev–Trinajstić information content (AvgIpc) is 2.46. The number of rotatable bonds is 2. The first-order valence-corrected chi connectivity index (χ1v) is 9.38. The maximum Gasteiger partial charge on any atom is 0.267 e. The van der Waals surface area contributed by atoms with Crippen LogP contribution in [0.1, 0.15) is 0 Å². The molecule has 0 aliphatic carbocycles. The highest BCUT2D eigenvalue weighted by Crippen LogP contribution is 2.40.